The van der Waals surface area contributed by atoms with Gasteiger partial charge in [-0.25, -0.2) is 0 Å². The largest absolute Gasteiger partial charge is 0.342 e. The maximum atomic E-state index is 12.0. The SMILES string of the molecule is CCN(CC)C(=O)C(P)(CC)CC. The second-order valence-corrected chi connectivity index (χ2v) is 4.45. The van der Waals surface area contributed by atoms with Crippen molar-refractivity contribution in [2.45, 2.75) is 45.7 Å². The Hall–Kier alpha value is -0.100. The minimum absolute atomic E-state index is 0.230. The molecule has 0 bridgehead atoms. The van der Waals surface area contributed by atoms with E-state index in [-0.39, 0.29) is 11.1 Å². The van der Waals surface area contributed by atoms with Crippen molar-refractivity contribution in [3.63, 3.8) is 0 Å². The van der Waals surface area contributed by atoms with E-state index in [9.17, 15) is 4.79 Å². The van der Waals surface area contributed by atoms with Crippen molar-refractivity contribution in [2.75, 3.05) is 13.1 Å². The molecule has 2 nitrogen and oxygen atoms in total. The molecule has 0 aromatic carbocycles. The Balaban J connectivity index is 4.53. The molecule has 13 heavy (non-hydrogen) atoms. The first-order valence-corrected chi connectivity index (χ1v) is 5.71. The molecule has 0 aliphatic rings. The standard InChI is InChI=1S/C10H22NOP/c1-5-10(13,6-2)9(12)11(7-3)8-4/h5-8,13H2,1-4H3. The van der Waals surface area contributed by atoms with E-state index >= 15 is 0 Å². The molecule has 0 aromatic rings. The van der Waals surface area contributed by atoms with E-state index in [4.69, 9.17) is 0 Å². The lowest BCUT2D eigenvalue weighted by molar-refractivity contribution is -0.133. The monoisotopic (exact) mass is 203 g/mol. The molecule has 0 heterocycles. The molecule has 0 N–H and O–H groups in total. The van der Waals surface area contributed by atoms with E-state index in [1.807, 2.05) is 18.7 Å². The van der Waals surface area contributed by atoms with Crippen LogP contribution in [-0.2, 0) is 4.79 Å². The normalized spacial score (nSPS) is 11.5. The van der Waals surface area contributed by atoms with Crippen LogP contribution in [0.25, 0.3) is 0 Å². The quantitative estimate of drug-likeness (QED) is 0.628. The summed E-state index contributed by atoms with van der Waals surface area (Å²) in [7, 11) is 2.72. The summed E-state index contributed by atoms with van der Waals surface area (Å²) in [5, 5.41) is -0.230. The Labute approximate surface area is 84.3 Å². The minimum Gasteiger partial charge on any atom is -0.342 e. The van der Waals surface area contributed by atoms with Gasteiger partial charge in [0.25, 0.3) is 0 Å². The summed E-state index contributed by atoms with van der Waals surface area (Å²) in [5.41, 5.74) is 0. The molecule has 3 heteroatoms. The second-order valence-electron chi connectivity index (χ2n) is 3.34. The van der Waals surface area contributed by atoms with Crippen molar-refractivity contribution in [1.82, 2.24) is 4.90 Å². The van der Waals surface area contributed by atoms with E-state index in [0.717, 1.165) is 25.9 Å². The first kappa shape index (κ1) is 12.9. The highest BCUT2D eigenvalue weighted by molar-refractivity contribution is 7.21. The van der Waals surface area contributed by atoms with Gasteiger partial charge in [-0.1, -0.05) is 13.8 Å². The van der Waals surface area contributed by atoms with Crippen LogP contribution in [0, 0.1) is 0 Å². The third-order valence-electron chi connectivity index (χ3n) is 2.74. The van der Waals surface area contributed by atoms with Crippen molar-refractivity contribution in [3.8, 4) is 0 Å². The lowest BCUT2D eigenvalue weighted by Crippen LogP contribution is -2.44. The zero-order valence-corrected chi connectivity index (χ0v) is 10.4. The van der Waals surface area contributed by atoms with Gasteiger partial charge in [0.05, 0.1) is 5.16 Å². The van der Waals surface area contributed by atoms with Crippen LogP contribution in [0.2, 0.25) is 0 Å². The van der Waals surface area contributed by atoms with Gasteiger partial charge in [0.15, 0.2) is 0 Å². The molecule has 0 radical (unpaired) electrons. The van der Waals surface area contributed by atoms with Crippen molar-refractivity contribution in [1.29, 1.82) is 0 Å². The van der Waals surface area contributed by atoms with E-state index in [1.54, 1.807) is 0 Å². The maximum absolute atomic E-state index is 12.0. The number of carbonyl (C=O) groups is 1. The molecular weight excluding hydrogens is 181 g/mol. The van der Waals surface area contributed by atoms with Gasteiger partial charge in [0.2, 0.25) is 5.91 Å². The number of nitrogens with zero attached hydrogens (tertiary/aromatic N) is 1. The Kier molecular flexibility index (Phi) is 5.55. The smallest absolute Gasteiger partial charge is 0.232 e. The van der Waals surface area contributed by atoms with Crippen molar-refractivity contribution >= 4 is 15.1 Å². The molecule has 0 fully saturated rings. The Bertz CT molecular complexity index is 162. The molecule has 1 amide bonds. The van der Waals surface area contributed by atoms with Crippen LogP contribution in [-0.4, -0.2) is 29.1 Å². The number of hydrogen-bond donors (Lipinski definition) is 0. The van der Waals surface area contributed by atoms with E-state index in [2.05, 4.69) is 23.1 Å². The first-order chi connectivity index (χ1) is 6.05. The van der Waals surface area contributed by atoms with Crippen LogP contribution in [0.4, 0.5) is 0 Å². The Morgan fingerprint density at radius 2 is 1.54 bits per heavy atom. The lowest BCUT2D eigenvalue weighted by Gasteiger charge is -2.31. The molecule has 0 saturated heterocycles. The molecule has 0 aliphatic heterocycles. The lowest BCUT2D eigenvalue weighted by atomic mass is 10.0. The average Bonchev–Trinajstić information content (AvgIpc) is 2.18. The number of hydrogen-bond acceptors (Lipinski definition) is 1. The van der Waals surface area contributed by atoms with Crippen LogP contribution in [0.15, 0.2) is 0 Å². The molecular formula is C10H22NOP. The summed E-state index contributed by atoms with van der Waals surface area (Å²) in [6, 6.07) is 0. The van der Waals surface area contributed by atoms with Crippen molar-refractivity contribution < 1.29 is 4.79 Å². The predicted octanol–water partition coefficient (Wildman–Crippen LogP) is 2.29. The zero-order valence-electron chi connectivity index (χ0n) is 9.26. The zero-order chi connectivity index (χ0) is 10.5. The predicted molar refractivity (Wildman–Crippen MR) is 61.0 cm³/mol. The van der Waals surface area contributed by atoms with E-state index in [0.29, 0.717) is 0 Å². The topological polar surface area (TPSA) is 20.3 Å². The fourth-order valence-corrected chi connectivity index (χ4v) is 1.56. The molecule has 0 spiro atoms. The van der Waals surface area contributed by atoms with Gasteiger partial charge in [-0.15, -0.1) is 9.24 Å². The van der Waals surface area contributed by atoms with Crippen LogP contribution in [0.1, 0.15) is 40.5 Å². The third kappa shape index (κ3) is 2.95. The fraction of sp³-hybridized carbons (Fsp3) is 0.900. The molecule has 1 unspecified atom stereocenters. The molecule has 1 atom stereocenters. The first-order valence-electron chi connectivity index (χ1n) is 5.13. The molecule has 0 saturated carbocycles. The number of rotatable bonds is 5. The van der Waals surface area contributed by atoms with Crippen LogP contribution >= 0.6 is 9.24 Å². The minimum atomic E-state index is -0.230. The molecule has 0 aliphatic carbocycles. The summed E-state index contributed by atoms with van der Waals surface area (Å²) >= 11 is 0. The van der Waals surface area contributed by atoms with Crippen molar-refractivity contribution in [3.05, 3.63) is 0 Å². The highest BCUT2D eigenvalue weighted by atomic mass is 31.0. The third-order valence-corrected chi connectivity index (χ3v) is 3.80. The maximum Gasteiger partial charge on any atom is 0.232 e. The van der Waals surface area contributed by atoms with Gasteiger partial charge in [-0.2, -0.15) is 0 Å². The van der Waals surface area contributed by atoms with Gasteiger partial charge in [0, 0.05) is 13.1 Å². The van der Waals surface area contributed by atoms with Crippen LogP contribution in [0.3, 0.4) is 0 Å². The van der Waals surface area contributed by atoms with Gasteiger partial charge in [0.1, 0.15) is 0 Å². The van der Waals surface area contributed by atoms with Gasteiger partial charge < -0.3 is 4.90 Å². The number of amides is 1. The summed E-state index contributed by atoms with van der Waals surface area (Å²) < 4.78 is 0. The summed E-state index contributed by atoms with van der Waals surface area (Å²) in [4.78, 5) is 13.9. The van der Waals surface area contributed by atoms with Gasteiger partial charge in [-0.05, 0) is 26.7 Å². The fourth-order valence-electron chi connectivity index (χ4n) is 1.38. The van der Waals surface area contributed by atoms with Gasteiger partial charge >= 0.3 is 0 Å². The van der Waals surface area contributed by atoms with Gasteiger partial charge in [-0.3, -0.25) is 4.79 Å². The molecule has 78 valence electrons. The molecule has 0 aromatic heterocycles. The number of carbonyl (C=O) groups excluding carboxylic acids is 1. The average molecular weight is 203 g/mol. The van der Waals surface area contributed by atoms with E-state index < -0.39 is 0 Å². The van der Waals surface area contributed by atoms with Crippen molar-refractivity contribution in [2.24, 2.45) is 0 Å². The highest BCUT2D eigenvalue weighted by Crippen LogP contribution is 2.28. The summed E-state index contributed by atoms with van der Waals surface area (Å²) in [6.07, 6.45) is 1.78. The van der Waals surface area contributed by atoms with E-state index in [1.165, 1.54) is 0 Å². The molecule has 0 rings (SSSR count). The Morgan fingerprint density at radius 3 is 1.77 bits per heavy atom. The summed E-state index contributed by atoms with van der Waals surface area (Å²) in [6.45, 7) is 9.81. The second kappa shape index (κ2) is 5.59. The van der Waals surface area contributed by atoms with Crippen LogP contribution in [0.5, 0.6) is 0 Å². The Morgan fingerprint density at radius 1 is 1.15 bits per heavy atom. The highest BCUT2D eigenvalue weighted by Gasteiger charge is 2.32. The van der Waals surface area contributed by atoms with Crippen LogP contribution < -0.4 is 0 Å². The summed E-state index contributed by atoms with van der Waals surface area (Å²) in [5.74, 6) is 0.271.